The molecule has 3 fully saturated rings. The normalized spacial score (nSPS) is 31.8. The second-order valence-electron chi connectivity index (χ2n) is 14.6. The molecule has 1 amide bonds. The fourth-order valence-electron chi connectivity index (χ4n) is 10.1. The molecule has 7 unspecified atom stereocenters. The van der Waals surface area contributed by atoms with Crippen molar-refractivity contribution in [2.75, 3.05) is 0 Å². The van der Waals surface area contributed by atoms with Crippen LogP contribution in [0.25, 0.3) is 0 Å². The summed E-state index contributed by atoms with van der Waals surface area (Å²) in [7, 11) is -4.70. The average Bonchev–Trinajstić information content (AvgIpc) is 3.71. The molecule has 49 heavy (non-hydrogen) atoms. The van der Waals surface area contributed by atoms with Gasteiger partial charge in [-0.15, -0.1) is 11.8 Å². The van der Waals surface area contributed by atoms with E-state index >= 15 is 0 Å². The Morgan fingerprint density at radius 3 is 2.14 bits per heavy atom. The van der Waals surface area contributed by atoms with Crippen LogP contribution < -0.4 is 4.74 Å². The van der Waals surface area contributed by atoms with Gasteiger partial charge in [-0.3, -0.25) is 14.4 Å². The minimum Gasteiger partial charge on any atom is -0.744 e. The van der Waals surface area contributed by atoms with E-state index in [1.54, 1.807) is 16.7 Å². The Kier molecular flexibility index (Phi) is 7.14. The van der Waals surface area contributed by atoms with Gasteiger partial charge in [0.1, 0.15) is 22.0 Å². The summed E-state index contributed by atoms with van der Waals surface area (Å²) in [5.41, 5.74) is 5.79. The molecule has 7 aliphatic rings. The SMILES string of the molecule is CC(C)N1C(=O)C2C3SC(C(OC(=O)C4CC5c6ccccc6C4c4ccccc45)C31)C2C(=O)Oc1ccc(S(=O)(=O)[O-])c2c1CCCC2. The summed E-state index contributed by atoms with van der Waals surface area (Å²) < 4.78 is 48.6. The maximum Gasteiger partial charge on any atom is 0.316 e. The van der Waals surface area contributed by atoms with Crippen LogP contribution in [-0.4, -0.2) is 64.4 Å². The molecule has 0 aromatic heterocycles. The second-order valence-corrected chi connectivity index (χ2v) is 17.3. The van der Waals surface area contributed by atoms with Gasteiger partial charge in [-0.25, -0.2) is 8.42 Å². The van der Waals surface area contributed by atoms with Crippen molar-refractivity contribution in [1.82, 2.24) is 4.90 Å². The molecular formula is C38H36NO8S2-. The Labute approximate surface area is 289 Å². The lowest BCUT2D eigenvalue weighted by Gasteiger charge is -2.45. The van der Waals surface area contributed by atoms with Crippen molar-refractivity contribution in [2.24, 2.45) is 17.8 Å². The first kappa shape index (κ1) is 31.3. The van der Waals surface area contributed by atoms with Crippen LogP contribution in [0.15, 0.2) is 65.6 Å². The largest absolute Gasteiger partial charge is 0.744 e. The first-order valence-electron chi connectivity index (χ1n) is 17.2. The number of ether oxygens (including phenoxy) is 2. The highest BCUT2D eigenvalue weighted by Gasteiger charge is 2.72. The summed E-state index contributed by atoms with van der Waals surface area (Å²) in [6.07, 6.45) is 2.34. The maximum atomic E-state index is 14.4. The van der Waals surface area contributed by atoms with Gasteiger partial charge >= 0.3 is 11.9 Å². The Bertz CT molecular complexity index is 2000. The topological polar surface area (TPSA) is 130 Å². The number of nitrogens with zero attached hydrogens (tertiary/aromatic N) is 1. The number of esters is 2. The average molecular weight is 699 g/mol. The van der Waals surface area contributed by atoms with Crippen molar-refractivity contribution >= 4 is 39.7 Å². The minimum absolute atomic E-state index is 0.0885. The van der Waals surface area contributed by atoms with Crippen LogP contribution in [0, 0.1) is 17.8 Å². The van der Waals surface area contributed by atoms with Crippen molar-refractivity contribution in [3.63, 3.8) is 0 Å². The Balaban J connectivity index is 1.03. The van der Waals surface area contributed by atoms with Gasteiger partial charge in [0.05, 0.1) is 33.9 Å². The number of rotatable bonds is 6. The van der Waals surface area contributed by atoms with Crippen LogP contribution in [0.3, 0.4) is 0 Å². The van der Waals surface area contributed by atoms with Crippen LogP contribution in [0.5, 0.6) is 5.75 Å². The van der Waals surface area contributed by atoms with Crippen LogP contribution >= 0.6 is 11.8 Å². The van der Waals surface area contributed by atoms with Crippen molar-refractivity contribution in [3.05, 3.63) is 94.0 Å². The van der Waals surface area contributed by atoms with E-state index in [0.717, 1.165) is 24.0 Å². The van der Waals surface area contributed by atoms with Gasteiger partial charge in [0.15, 0.2) is 0 Å². The second kappa shape index (κ2) is 11.2. The van der Waals surface area contributed by atoms with E-state index < -0.39 is 45.2 Å². The van der Waals surface area contributed by atoms with Gasteiger partial charge in [0, 0.05) is 23.1 Å². The lowest BCUT2D eigenvalue weighted by molar-refractivity contribution is -0.161. The van der Waals surface area contributed by atoms with Gasteiger partial charge in [0.2, 0.25) is 5.91 Å². The highest BCUT2D eigenvalue weighted by molar-refractivity contribution is 8.01. The number of amides is 1. The zero-order valence-corrected chi connectivity index (χ0v) is 28.7. The molecule has 0 saturated carbocycles. The fraction of sp³-hybridized carbons (Fsp3) is 0.447. The summed E-state index contributed by atoms with van der Waals surface area (Å²) >= 11 is 1.54. The summed E-state index contributed by atoms with van der Waals surface area (Å²) in [6.45, 7) is 3.89. The molecule has 3 aromatic rings. The molecule has 10 rings (SSSR count). The fourth-order valence-corrected chi connectivity index (χ4v) is 12.9. The van der Waals surface area contributed by atoms with E-state index in [9.17, 15) is 27.4 Å². The molecule has 3 saturated heterocycles. The number of carbonyl (C=O) groups excluding carboxylic acids is 3. The molecule has 0 N–H and O–H groups in total. The van der Waals surface area contributed by atoms with Crippen LogP contribution in [-0.2, 0) is 42.1 Å². The molecule has 0 radical (unpaired) electrons. The van der Waals surface area contributed by atoms with E-state index in [-0.39, 0.29) is 51.7 Å². The number of thioether (sulfide) groups is 1. The minimum atomic E-state index is -4.70. The van der Waals surface area contributed by atoms with Crippen LogP contribution in [0.2, 0.25) is 0 Å². The third kappa shape index (κ3) is 4.54. The number of likely N-dealkylation sites (tertiary alicyclic amines) is 1. The summed E-state index contributed by atoms with van der Waals surface area (Å²) in [6, 6.07) is 18.8. The van der Waals surface area contributed by atoms with Crippen LogP contribution in [0.1, 0.15) is 78.3 Å². The highest BCUT2D eigenvalue weighted by Crippen LogP contribution is 2.61. The van der Waals surface area contributed by atoms with E-state index in [0.29, 0.717) is 30.4 Å². The first-order chi connectivity index (χ1) is 23.5. The smallest absolute Gasteiger partial charge is 0.316 e. The molecule has 254 valence electrons. The number of fused-ring (bicyclic) bond motifs is 3. The molecule has 4 bridgehead atoms. The number of hydrogen-bond acceptors (Lipinski definition) is 9. The van der Waals surface area contributed by atoms with Gasteiger partial charge < -0.3 is 18.9 Å². The van der Waals surface area contributed by atoms with Gasteiger partial charge in [-0.1, -0.05) is 48.5 Å². The first-order valence-corrected chi connectivity index (χ1v) is 19.6. The molecule has 3 aliphatic heterocycles. The predicted molar refractivity (Wildman–Crippen MR) is 179 cm³/mol. The van der Waals surface area contributed by atoms with E-state index in [1.807, 2.05) is 38.1 Å². The van der Waals surface area contributed by atoms with E-state index in [1.165, 1.54) is 23.3 Å². The van der Waals surface area contributed by atoms with E-state index in [4.69, 9.17) is 9.47 Å². The lowest BCUT2D eigenvalue weighted by atomic mass is 9.59. The molecule has 3 heterocycles. The molecule has 3 aromatic carbocycles. The van der Waals surface area contributed by atoms with Gasteiger partial charge in [-0.2, -0.15) is 0 Å². The lowest BCUT2D eigenvalue weighted by Crippen LogP contribution is -2.52. The third-order valence-corrected chi connectivity index (χ3v) is 14.6. The highest BCUT2D eigenvalue weighted by atomic mass is 32.2. The molecule has 9 nitrogen and oxygen atoms in total. The molecular weight excluding hydrogens is 663 g/mol. The Morgan fingerprint density at radius 2 is 1.51 bits per heavy atom. The molecule has 7 atom stereocenters. The maximum absolute atomic E-state index is 14.4. The molecule has 0 spiro atoms. The number of carbonyl (C=O) groups is 3. The summed E-state index contributed by atoms with van der Waals surface area (Å²) in [5.74, 6) is -2.68. The molecule has 11 heteroatoms. The van der Waals surface area contributed by atoms with Crippen molar-refractivity contribution in [2.45, 2.75) is 91.4 Å². The Morgan fingerprint density at radius 1 is 0.878 bits per heavy atom. The van der Waals surface area contributed by atoms with Gasteiger partial charge in [-0.05, 0) is 91.5 Å². The zero-order chi connectivity index (χ0) is 33.9. The Hall–Kier alpha value is -3.67. The van der Waals surface area contributed by atoms with E-state index in [2.05, 4.69) is 24.3 Å². The zero-order valence-electron chi connectivity index (χ0n) is 27.1. The van der Waals surface area contributed by atoms with Crippen LogP contribution in [0.4, 0.5) is 0 Å². The van der Waals surface area contributed by atoms with Crippen molar-refractivity contribution in [3.8, 4) is 5.75 Å². The summed E-state index contributed by atoms with van der Waals surface area (Å²) in [5, 5.41) is -0.692. The number of benzene rings is 3. The monoisotopic (exact) mass is 698 g/mol. The predicted octanol–water partition coefficient (Wildman–Crippen LogP) is 4.93. The van der Waals surface area contributed by atoms with Gasteiger partial charge in [0.25, 0.3) is 0 Å². The summed E-state index contributed by atoms with van der Waals surface area (Å²) in [4.78, 5) is 44.1. The standard InChI is InChI=1S/C38H37NO8S2/c1-18(2)39-32-33(47-37(41)26-17-25-19-9-3-7-13-23(19)29(26)24-14-8-4-10-20(24)25)35-31(30(36(39)40)34(32)48-35)38(42)46-27-15-16-28(49(43,44)45)22-12-6-5-11-21(22)27/h3-4,7-10,13-16,18,25-26,29-35H,5-6,11-12,17H2,1-2H3,(H,43,44,45)/p-1. The molecule has 4 aliphatic carbocycles. The van der Waals surface area contributed by atoms with Crippen molar-refractivity contribution < 1.29 is 36.8 Å². The third-order valence-electron chi connectivity index (χ3n) is 11.9. The number of hydrogen-bond donors (Lipinski definition) is 0. The quantitative estimate of drug-likeness (QED) is 0.200. The van der Waals surface area contributed by atoms with Crippen molar-refractivity contribution in [1.29, 1.82) is 0 Å².